The molecule has 0 amide bonds. The van der Waals surface area contributed by atoms with Crippen molar-refractivity contribution >= 4 is 0 Å². The van der Waals surface area contributed by atoms with E-state index in [9.17, 15) is 0 Å². The van der Waals surface area contributed by atoms with Gasteiger partial charge in [0.15, 0.2) is 0 Å². The minimum absolute atomic E-state index is 0.296. The monoisotopic (exact) mass is 187 g/mol. The van der Waals surface area contributed by atoms with E-state index in [2.05, 4.69) is 20.8 Å². The molecule has 2 N–H and O–H groups in total. The van der Waals surface area contributed by atoms with Crippen LogP contribution in [0.2, 0.25) is 0 Å². The molecule has 0 aromatic carbocycles. The maximum absolute atomic E-state index is 6.02. The Morgan fingerprint density at radius 2 is 1.69 bits per heavy atom. The first kappa shape index (κ1) is 12.9. The highest BCUT2D eigenvalue weighted by Crippen LogP contribution is 2.16. The molecule has 0 aliphatic carbocycles. The maximum Gasteiger partial charge on any atom is 0.0558 e. The Hall–Kier alpha value is -0.0800. The van der Waals surface area contributed by atoms with E-state index in [1.165, 1.54) is 12.8 Å². The number of ether oxygens (including phenoxy) is 1. The lowest BCUT2D eigenvalue weighted by atomic mass is 9.93. The van der Waals surface area contributed by atoms with Crippen molar-refractivity contribution in [1.82, 2.24) is 0 Å². The van der Waals surface area contributed by atoms with Gasteiger partial charge in [-0.3, -0.25) is 0 Å². The summed E-state index contributed by atoms with van der Waals surface area (Å²) in [5.41, 5.74) is 6.02. The van der Waals surface area contributed by atoms with Crippen LogP contribution < -0.4 is 5.73 Å². The molecule has 0 rings (SSSR count). The third-order valence-electron chi connectivity index (χ3n) is 2.83. The fraction of sp³-hybridized carbons (Fsp3) is 1.00. The van der Waals surface area contributed by atoms with Gasteiger partial charge in [0, 0.05) is 13.2 Å². The van der Waals surface area contributed by atoms with Crippen LogP contribution in [0.5, 0.6) is 0 Å². The number of hydrogen-bond donors (Lipinski definition) is 1. The summed E-state index contributed by atoms with van der Waals surface area (Å²) in [5, 5.41) is 0. The van der Waals surface area contributed by atoms with Gasteiger partial charge in [-0.05, 0) is 25.7 Å². The average molecular weight is 187 g/mol. The second-order valence-corrected chi connectivity index (χ2v) is 3.96. The van der Waals surface area contributed by atoms with Crippen molar-refractivity contribution in [3.8, 4) is 0 Å². The molecule has 0 radical (unpaired) electrons. The highest BCUT2D eigenvalue weighted by atomic mass is 16.5. The number of nitrogens with two attached hydrogens (primary N) is 1. The third-order valence-corrected chi connectivity index (χ3v) is 2.83. The summed E-state index contributed by atoms with van der Waals surface area (Å²) in [6, 6.07) is 0.305. The normalized spacial score (nSPS) is 16.2. The van der Waals surface area contributed by atoms with Crippen molar-refractivity contribution < 1.29 is 4.74 Å². The van der Waals surface area contributed by atoms with Crippen LogP contribution in [0.15, 0.2) is 0 Å². The lowest BCUT2D eigenvalue weighted by molar-refractivity contribution is 0.101. The number of rotatable bonds is 7. The van der Waals surface area contributed by atoms with Crippen LogP contribution in [-0.2, 0) is 4.74 Å². The Bertz CT molecular complexity index is 113. The summed E-state index contributed by atoms with van der Waals surface area (Å²) in [6.07, 6.45) is 4.90. The SMILES string of the molecule is CCC(CC)CC(N)CC(C)OC. The molecule has 13 heavy (non-hydrogen) atoms. The highest BCUT2D eigenvalue weighted by Gasteiger charge is 2.12. The lowest BCUT2D eigenvalue weighted by Crippen LogP contribution is -2.28. The molecule has 2 atom stereocenters. The molecule has 2 nitrogen and oxygen atoms in total. The summed E-state index contributed by atoms with van der Waals surface area (Å²) in [4.78, 5) is 0. The summed E-state index contributed by atoms with van der Waals surface area (Å²) < 4.78 is 5.19. The molecule has 0 saturated heterocycles. The Labute approximate surface area is 82.8 Å². The molecule has 0 aliphatic rings. The van der Waals surface area contributed by atoms with Gasteiger partial charge in [-0.25, -0.2) is 0 Å². The molecule has 0 heterocycles. The van der Waals surface area contributed by atoms with Gasteiger partial charge in [0.2, 0.25) is 0 Å². The molecule has 0 saturated carbocycles. The summed E-state index contributed by atoms with van der Waals surface area (Å²) >= 11 is 0. The van der Waals surface area contributed by atoms with E-state index in [0.717, 1.165) is 18.8 Å². The van der Waals surface area contributed by atoms with Crippen LogP contribution in [-0.4, -0.2) is 19.3 Å². The third kappa shape index (κ3) is 6.05. The van der Waals surface area contributed by atoms with Crippen molar-refractivity contribution in [3.05, 3.63) is 0 Å². The minimum Gasteiger partial charge on any atom is -0.382 e. The standard InChI is InChI=1S/C11H25NO/c1-5-10(6-2)8-11(12)7-9(3)13-4/h9-11H,5-8,12H2,1-4H3. The molecular weight excluding hydrogens is 162 g/mol. The Balaban J connectivity index is 3.65. The van der Waals surface area contributed by atoms with Gasteiger partial charge in [0.25, 0.3) is 0 Å². The molecule has 0 aromatic heterocycles. The Morgan fingerprint density at radius 1 is 1.15 bits per heavy atom. The molecule has 80 valence electrons. The molecule has 2 unspecified atom stereocenters. The molecule has 0 bridgehead atoms. The Kier molecular flexibility index (Phi) is 7.29. The first-order chi connectivity index (χ1) is 6.13. The first-order valence-corrected chi connectivity index (χ1v) is 5.42. The predicted molar refractivity (Wildman–Crippen MR) is 57.8 cm³/mol. The summed E-state index contributed by atoms with van der Waals surface area (Å²) in [7, 11) is 1.74. The Morgan fingerprint density at radius 3 is 2.08 bits per heavy atom. The largest absolute Gasteiger partial charge is 0.382 e. The van der Waals surface area contributed by atoms with Crippen molar-refractivity contribution in [1.29, 1.82) is 0 Å². The van der Waals surface area contributed by atoms with Crippen LogP contribution in [0.1, 0.15) is 46.5 Å². The fourth-order valence-electron chi connectivity index (χ4n) is 1.67. The highest BCUT2D eigenvalue weighted by molar-refractivity contribution is 4.69. The van der Waals surface area contributed by atoms with Crippen LogP contribution in [0, 0.1) is 5.92 Å². The average Bonchev–Trinajstić information content (AvgIpc) is 2.13. The van der Waals surface area contributed by atoms with E-state index in [-0.39, 0.29) is 0 Å². The van der Waals surface area contributed by atoms with Crippen LogP contribution in [0.3, 0.4) is 0 Å². The van der Waals surface area contributed by atoms with Crippen molar-refractivity contribution in [2.45, 2.75) is 58.6 Å². The lowest BCUT2D eigenvalue weighted by Gasteiger charge is -2.20. The number of hydrogen-bond acceptors (Lipinski definition) is 2. The van der Waals surface area contributed by atoms with Crippen molar-refractivity contribution in [2.24, 2.45) is 11.7 Å². The topological polar surface area (TPSA) is 35.2 Å². The second kappa shape index (κ2) is 7.34. The zero-order valence-electron chi connectivity index (χ0n) is 9.55. The van der Waals surface area contributed by atoms with Gasteiger partial charge in [0.1, 0.15) is 0 Å². The van der Waals surface area contributed by atoms with E-state index >= 15 is 0 Å². The van der Waals surface area contributed by atoms with Gasteiger partial charge in [-0.1, -0.05) is 26.7 Å². The van der Waals surface area contributed by atoms with Crippen LogP contribution >= 0.6 is 0 Å². The second-order valence-electron chi connectivity index (χ2n) is 3.96. The maximum atomic E-state index is 6.02. The van der Waals surface area contributed by atoms with Crippen molar-refractivity contribution in [3.63, 3.8) is 0 Å². The zero-order chi connectivity index (χ0) is 10.3. The van der Waals surface area contributed by atoms with Crippen LogP contribution in [0.25, 0.3) is 0 Å². The molecule has 0 fully saturated rings. The van der Waals surface area contributed by atoms with Gasteiger partial charge >= 0.3 is 0 Å². The summed E-state index contributed by atoms with van der Waals surface area (Å²) in [6.45, 7) is 6.55. The fourth-order valence-corrected chi connectivity index (χ4v) is 1.67. The zero-order valence-corrected chi connectivity index (χ0v) is 9.55. The number of methoxy groups -OCH3 is 1. The molecular formula is C11H25NO. The molecule has 0 aliphatic heterocycles. The first-order valence-electron chi connectivity index (χ1n) is 5.42. The predicted octanol–water partition coefficient (Wildman–Crippen LogP) is 2.57. The van der Waals surface area contributed by atoms with Crippen LogP contribution in [0.4, 0.5) is 0 Å². The van der Waals surface area contributed by atoms with E-state index in [4.69, 9.17) is 10.5 Å². The molecule has 2 heteroatoms. The van der Waals surface area contributed by atoms with E-state index in [0.29, 0.717) is 12.1 Å². The van der Waals surface area contributed by atoms with Gasteiger partial charge in [-0.15, -0.1) is 0 Å². The van der Waals surface area contributed by atoms with Gasteiger partial charge < -0.3 is 10.5 Å². The smallest absolute Gasteiger partial charge is 0.0558 e. The van der Waals surface area contributed by atoms with Gasteiger partial charge in [0.05, 0.1) is 6.10 Å². The summed E-state index contributed by atoms with van der Waals surface area (Å²) in [5.74, 6) is 0.791. The molecule has 0 aromatic rings. The molecule has 0 spiro atoms. The minimum atomic E-state index is 0.296. The van der Waals surface area contributed by atoms with Crippen molar-refractivity contribution in [2.75, 3.05) is 7.11 Å². The quantitative estimate of drug-likeness (QED) is 0.665. The van der Waals surface area contributed by atoms with Gasteiger partial charge in [-0.2, -0.15) is 0 Å². The van der Waals surface area contributed by atoms with E-state index in [1.807, 2.05) is 0 Å². The van der Waals surface area contributed by atoms with E-state index < -0.39 is 0 Å². The van der Waals surface area contributed by atoms with E-state index in [1.54, 1.807) is 7.11 Å².